The van der Waals surface area contributed by atoms with Crippen LogP contribution in [0, 0.1) is 0 Å². The third kappa shape index (κ3) is 6.38. The number of hydrogen-bond donors (Lipinski definition) is 0. The van der Waals surface area contributed by atoms with Crippen molar-refractivity contribution in [3.8, 4) is 11.5 Å². The van der Waals surface area contributed by atoms with Gasteiger partial charge in [0.05, 0.1) is 25.3 Å². The Morgan fingerprint density at radius 1 is 1.00 bits per heavy atom. The average Bonchev–Trinajstić information content (AvgIpc) is 3.14. The second-order valence-corrected chi connectivity index (χ2v) is 8.40. The van der Waals surface area contributed by atoms with Crippen LogP contribution in [-0.2, 0) is 9.47 Å². The lowest BCUT2D eigenvalue weighted by Crippen LogP contribution is -2.42. The van der Waals surface area contributed by atoms with Gasteiger partial charge in [-0.05, 0) is 57.2 Å². The van der Waals surface area contributed by atoms with Gasteiger partial charge in [-0.2, -0.15) is 0 Å². The zero-order chi connectivity index (χ0) is 22.4. The van der Waals surface area contributed by atoms with Crippen LogP contribution in [0.3, 0.4) is 0 Å². The molecule has 7 nitrogen and oxygen atoms in total. The summed E-state index contributed by atoms with van der Waals surface area (Å²) < 4.78 is 22.3. The molecule has 1 heterocycles. The molecule has 0 radical (unpaired) electrons. The van der Waals surface area contributed by atoms with Gasteiger partial charge in [-0.15, -0.1) is 0 Å². The highest BCUT2D eigenvalue weighted by atomic mass is 16.6. The van der Waals surface area contributed by atoms with Gasteiger partial charge in [-0.25, -0.2) is 9.59 Å². The number of rotatable bonds is 6. The smallest absolute Gasteiger partial charge is 0.410 e. The summed E-state index contributed by atoms with van der Waals surface area (Å²) in [5.74, 6) is 0.958. The maximum Gasteiger partial charge on any atom is 0.410 e. The van der Waals surface area contributed by atoms with Crippen molar-refractivity contribution in [1.29, 1.82) is 0 Å². The number of ether oxygens (including phenoxy) is 4. The molecule has 2 aromatic rings. The Bertz CT molecular complexity index is 875. The number of hydrogen-bond acceptors (Lipinski definition) is 6. The molecule has 7 heteroatoms. The second-order valence-electron chi connectivity index (χ2n) is 8.40. The fourth-order valence-electron chi connectivity index (χ4n) is 3.35. The molecule has 0 spiro atoms. The second kappa shape index (κ2) is 9.73. The van der Waals surface area contributed by atoms with Gasteiger partial charge < -0.3 is 18.9 Å². The van der Waals surface area contributed by atoms with Crippen LogP contribution in [0.15, 0.2) is 54.6 Å². The van der Waals surface area contributed by atoms with E-state index in [1.807, 2.05) is 51.1 Å². The molecule has 1 saturated heterocycles. The normalized spacial score (nSPS) is 18.4. The molecule has 1 aliphatic rings. The van der Waals surface area contributed by atoms with Gasteiger partial charge in [-0.3, -0.25) is 4.90 Å². The summed E-state index contributed by atoms with van der Waals surface area (Å²) in [6, 6.07) is 16.0. The Balaban J connectivity index is 1.66. The van der Waals surface area contributed by atoms with Gasteiger partial charge in [0.1, 0.15) is 29.8 Å². The van der Waals surface area contributed by atoms with Gasteiger partial charge in [0.2, 0.25) is 0 Å². The number of likely N-dealkylation sites (tertiary alicyclic amines) is 1. The van der Waals surface area contributed by atoms with Gasteiger partial charge in [0, 0.05) is 6.42 Å². The average molecular weight is 427 g/mol. The topological polar surface area (TPSA) is 74.3 Å². The number of para-hydroxylation sites is 1. The molecular weight excluding hydrogens is 398 g/mol. The van der Waals surface area contributed by atoms with Gasteiger partial charge >= 0.3 is 12.1 Å². The number of carbonyl (C=O) groups is 2. The molecule has 2 atom stereocenters. The van der Waals surface area contributed by atoms with E-state index in [-0.39, 0.29) is 24.8 Å². The Morgan fingerprint density at radius 3 is 2.29 bits per heavy atom. The van der Waals surface area contributed by atoms with Crippen LogP contribution in [0.4, 0.5) is 4.79 Å². The summed E-state index contributed by atoms with van der Waals surface area (Å²) in [7, 11) is 1.34. The molecule has 2 aromatic carbocycles. The van der Waals surface area contributed by atoms with Crippen molar-refractivity contribution in [2.75, 3.05) is 20.3 Å². The molecule has 1 fully saturated rings. The van der Waals surface area contributed by atoms with Crippen molar-refractivity contribution >= 4 is 12.1 Å². The SMILES string of the molecule is COC(=O)c1ccc(OC[C@@H]2C[C@H](Oc3ccccc3)CN2C(=O)OC(C)(C)C)cc1. The lowest BCUT2D eigenvalue weighted by Gasteiger charge is -2.28. The fraction of sp³-hybridized carbons (Fsp3) is 0.417. The summed E-state index contributed by atoms with van der Waals surface area (Å²) in [6.07, 6.45) is 0.0699. The first kappa shape index (κ1) is 22.5. The van der Waals surface area contributed by atoms with E-state index in [1.165, 1.54) is 7.11 Å². The van der Waals surface area contributed by atoms with Crippen LogP contribution < -0.4 is 9.47 Å². The highest BCUT2D eigenvalue weighted by molar-refractivity contribution is 5.89. The molecule has 3 rings (SSSR count). The molecule has 0 unspecified atom stereocenters. The molecule has 1 amide bonds. The zero-order valence-corrected chi connectivity index (χ0v) is 18.4. The predicted octanol–water partition coefficient (Wildman–Crippen LogP) is 4.31. The van der Waals surface area contributed by atoms with E-state index in [2.05, 4.69) is 0 Å². The van der Waals surface area contributed by atoms with E-state index in [1.54, 1.807) is 29.2 Å². The Morgan fingerprint density at radius 2 is 1.68 bits per heavy atom. The third-order valence-corrected chi connectivity index (χ3v) is 4.77. The van der Waals surface area contributed by atoms with Gasteiger partial charge in [0.25, 0.3) is 0 Å². The number of amides is 1. The van der Waals surface area contributed by atoms with Crippen LogP contribution >= 0.6 is 0 Å². The number of carbonyl (C=O) groups excluding carboxylic acids is 2. The van der Waals surface area contributed by atoms with Crippen molar-refractivity contribution in [3.63, 3.8) is 0 Å². The van der Waals surface area contributed by atoms with Gasteiger partial charge in [0.15, 0.2) is 0 Å². The molecule has 166 valence electrons. The maximum absolute atomic E-state index is 12.8. The quantitative estimate of drug-likeness (QED) is 0.640. The predicted molar refractivity (Wildman–Crippen MR) is 115 cm³/mol. The summed E-state index contributed by atoms with van der Waals surface area (Å²) in [6.45, 7) is 6.22. The number of methoxy groups -OCH3 is 1. The molecule has 0 aliphatic carbocycles. The lowest BCUT2D eigenvalue weighted by molar-refractivity contribution is 0.0176. The zero-order valence-electron chi connectivity index (χ0n) is 18.4. The first-order valence-electron chi connectivity index (χ1n) is 10.3. The monoisotopic (exact) mass is 427 g/mol. The van der Waals surface area contributed by atoms with E-state index >= 15 is 0 Å². The van der Waals surface area contributed by atoms with E-state index in [0.717, 1.165) is 5.75 Å². The number of esters is 1. The Kier molecular flexibility index (Phi) is 7.05. The Hall–Kier alpha value is -3.22. The first-order valence-corrected chi connectivity index (χ1v) is 10.3. The maximum atomic E-state index is 12.8. The molecule has 0 N–H and O–H groups in total. The van der Waals surface area contributed by atoms with Crippen LogP contribution in [0.2, 0.25) is 0 Å². The minimum atomic E-state index is -0.593. The van der Waals surface area contributed by atoms with Crippen LogP contribution in [-0.4, -0.2) is 55.0 Å². The van der Waals surface area contributed by atoms with Crippen molar-refractivity contribution < 1.29 is 28.5 Å². The van der Waals surface area contributed by atoms with E-state index in [4.69, 9.17) is 18.9 Å². The van der Waals surface area contributed by atoms with Crippen molar-refractivity contribution in [1.82, 2.24) is 4.90 Å². The summed E-state index contributed by atoms with van der Waals surface area (Å²) in [5, 5.41) is 0. The standard InChI is InChI=1S/C24H29NO6/c1-24(2,3)31-23(27)25-15-21(30-20-8-6-5-7-9-20)14-18(25)16-29-19-12-10-17(11-13-19)22(26)28-4/h5-13,18,21H,14-16H2,1-4H3/t18-,21-/m0/s1. The molecule has 1 aliphatic heterocycles. The van der Waals surface area contributed by atoms with Crippen LogP contribution in [0.5, 0.6) is 11.5 Å². The lowest BCUT2D eigenvalue weighted by atomic mass is 10.2. The van der Waals surface area contributed by atoms with E-state index in [0.29, 0.717) is 24.3 Å². The largest absolute Gasteiger partial charge is 0.491 e. The highest BCUT2D eigenvalue weighted by Crippen LogP contribution is 2.26. The summed E-state index contributed by atoms with van der Waals surface area (Å²) in [4.78, 5) is 26.0. The summed E-state index contributed by atoms with van der Waals surface area (Å²) >= 11 is 0. The molecular formula is C24H29NO6. The third-order valence-electron chi connectivity index (χ3n) is 4.77. The molecule has 0 saturated carbocycles. The van der Waals surface area contributed by atoms with Crippen molar-refractivity contribution in [2.45, 2.75) is 44.9 Å². The highest BCUT2D eigenvalue weighted by Gasteiger charge is 2.39. The molecule has 0 bridgehead atoms. The van der Waals surface area contributed by atoms with Gasteiger partial charge in [-0.1, -0.05) is 18.2 Å². The van der Waals surface area contributed by atoms with Crippen LogP contribution in [0.1, 0.15) is 37.6 Å². The van der Waals surface area contributed by atoms with Crippen molar-refractivity contribution in [2.24, 2.45) is 0 Å². The van der Waals surface area contributed by atoms with E-state index < -0.39 is 11.6 Å². The van der Waals surface area contributed by atoms with E-state index in [9.17, 15) is 9.59 Å². The molecule has 31 heavy (non-hydrogen) atoms. The molecule has 0 aromatic heterocycles. The Labute approximate surface area is 182 Å². The minimum Gasteiger partial charge on any atom is -0.491 e. The van der Waals surface area contributed by atoms with Crippen molar-refractivity contribution in [3.05, 3.63) is 60.2 Å². The number of benzene rings is 2. The first-order chi connectivity index (χ1) is 14.7. The number of nitrogens with zero attached hydrogens (tertiary/aromatic N) is 1. The minimum absolute atomic E-state index is 0.162. The fourth-order valence-corrected chi connectivity index (χ4v) is 3.35. The van der Waals surface area contributed by atoms with Crippen LogP contribution in [0.25, 0.3) is 0 Å². The summed E-state index contributed by atoms with van der Waals surface area (Å²) in [5.41, 5.74) is -0.146.